The third kappa shape index (κ3) is 2.82. The number of aliphatic hydroxyl groups is 1. The summed E-state index contributed by atoms with van der Waals surface area (Å²) in [6.45, 7) is 4.07. The molecule has 1 aromatic heterocycles. The lowest BCUT2D eigenvalue weighted by molar-refractivity contribution is 0.273. The number of hydrogen-bond donors (Lipinski definition) is 1. The van der Waals surface area contributed by atoms with E-state index in [1.807, 2.05) is 35.8 Å². The molecular formula is C15H19ClN2O. The standard InChI is InChI=1S/C15H19ClN2O/c1-3-4-8-13-15(10-19)18(11(2)17-13)14-9-6-5-7-12(14)16/h5-7,9,19H,3-4,8,10H2,1-2H3. The van der Waals surface area contributed by atoms with Gasteiger partial charge in [0.2, 0.25) is 0 Å². The number of unbranched alkanes of at least 4 members (excludes halogenated alkanes) is 1. The monoisotopic (exact) mass is 278 g/mol. The average molecular weight is 279 g/mol. The smallest absolute Gasteiger partial charge is 0.110 e. The van der Waals surface area contributed by atoms with Crippen LogP contribution in [0.2, 0.25) is 5.02 Å². The van der Waals surface area contributed by atoms with E-state index in [4.69, 9.17) is 11.6 Å². The Morgan fingerprint density at radius 3 is 2.68 bits per heavy atom. The van der Waals surface area contributed by atoms with Gasteiger partial charge in [-0.05, 0) is 31.9 Å². The van der Waals surface area contributed by atoms with Gasteiger partial charge in [-0.25, -0.2) is 4.98 Å². The van der Waals surface area contributed by atoms with E-state index in [1.165, 1.54) is 0 Å². The summed E-state index contributed by atoms with van der Waals surface area (Å²) < 4.78 is 1.95. The first-order chi connectivity index (χ1) is 9.19. The van der Waals surface area contributed by atoms with Gasteiger partial charge in [0, 0.05) is 0 Å². The summed E-state index contributed by atoms with van der Waals surface area (Å²) in [5, 5.41) is 10.3. The van der Waals surface area contributed by atoms with Crippen LogP contribution in [0, 0.1) is 6.92 Å². The van der Waals surface area contributed by atoms with Gasteiger partial charge in [-0.15, -0.1) is 0 Å². The van der Waals surface area contributed by atoms with Crippen molar-refractivity contribution in [2.24, 2.45) is 0 Å². The van der Waals surface area contributed by atoms with Gasteiger partial charge in [-0.1, -0.05) is 37.1 Å². The zero-order valence-electron chi connectivity index (χ0n) is 11.4. The van der Waals surface area contributed by atoms with Crippen LogP contribution < -0.4 is 0 Å². The number of rotatable bonds is 5. The van der Waals surface area contributed by atoms with Crippen LogP contribution in [-0.2, 0) is 13.0 Å². The maximum Gasteiger partial charge on any atom is 0.110 e. The molecule has 2 aromatic rings. The summed E-state index contributed by atoms with van der Waals surface area (Å²) in [7, 11) is 0. The fourth-order valence-electron chi connectivity index (χ4n) is 2.29. The van der Waals surface area contributed by atoms with Crippen molar-refractivity contribution in [3.05, 3.63) is 46.5 Å². The fourth-order valence-corrected chi connectivity index (χ4v) is 2.51. The van der Waals surface area contributed by atoms with Crippen LogP contribution >= 0.6 is 11.6 Å². The van der Waals surface area contributed by atoms with Crippen LogP contribution in [-0.4, -0.2) is 14.7 Å². The second-order valence-corrected chi connectivity index (χ2v) is 5.01. The summed E-state index contributed by atoms with van der Waals surface area (Å²) in [5.74, 6) is 0.864. The minimum atomic E-state index is -0.0227. The lowest BCUT2D eigenvalue weighted by atomic mass is 10.1. The van der Waals surface area contributed by atoms with Crippen molar-refractivity contribution in [3.63, 3.8) is 0 Å². The number of aryl methyl sites for hydroxylation is 2. The number of imidazole rings is 1. The summed E-state index contributed by atoms with van der Waals surface area (Å²) in [5.41, 5.74) is 2.70. The van der Waals surface area contributed by atoms with Gasteiger partial charge < -0.3 is 5.11 Å². The largest absolute Gasteiger partial charge is 0.390 e. The van der Waals surface area contributed by atoms with E-state index in [0.717, 1.165) is 42.2 Å². The first kappa shape index (κ1) is 14.1. The molecule has 1 aromatic carbocycles. The number of aromatic nitrogens is 2. The van der Waals surface area contributed by atoms with Crippen LogP contribution in [0.3, 0.4) is 0 Å². The summed E-state index contributed by atoms with van der Waals surface area (Å²) in [4.78, 5) is 4.58. The molecule has 19 heavy (non-hydrogen) atoms. The molecule has 0 amide bonds. The number of nitrogens with zero attached hydrogens (tertiary/aromatic N) is 2. The number of hydrogen-bond acceptors (Lipinski definition) is 2. The summed E-state index contributed by atoms with van der Waals surface area (Å²) in [6.07, 6.45) is 3.08. The van der Waals surface area contributed by atoms with Gasteiger partial charge in [-0.3, -0.25) is 4.57 Å². The lowest BCUT2D eigenvalue weighted by Crippen LogP contribution is -2.04. The van der Waals surface area contributed by atoms with Crippen molar-refractivity contribution in [2.75, 3.05) is 0 Å². The molecule has 0 unspecified atom stereocenters. The van der Waals surface area contributed by atoms with Gasteiger partial charge in [-0.2, -0.15) is 0 Å². The Morgan fingerprint density at radius 2 is 2.05 bits per heavy atom. The van der Waals surface area contributed by atoms with Crippen molar-refractivity contribution in [1.82, 2.24) is 9.55 Å². The first-order valence-electron chi connectivity index (χ1n) is 6.61. The second kappa shape index (κ2) is 6.22. The van der Waals surface area contributed by atoms with E-state index in [0.29, 0.717) is 5.02 Å². The van der Waals surface area contributed by atoms with Gasteiger partial charge in [0.1, 0.15) is 5.82 Å². The van der Waals surface area contributed by atoms with Crippen molar-refractivity contribution in [3.8, 4) is 5.69 Å². The van der Waals surface area contributed by atoms with E-state index in [2.05, 4.69) is 11.9 Å². The van der Waals surface area contributed by atoms with Gasteiger partial charge in [0.15, 0.2) is 0 Å². The highest BCUT2D eigenvalue weighted by Crippen LogP contribution is 2.25. The quantitative estimate of drug-likeness (QED) is 0.906. The number of halogens is 1. The maximum atomic E-state index is 9.66. The van der Waals surface area contributed by atoms with Crippen molar-refractivity contribution in [1.29, 1.82) is 0 Å². The topological polar surface area (TPSA) is 38.0 Å². The molecule has 3 nitrogen and oxygen atoms in total. The highest BCUT2D eigenvalue weighted by atomic mass is 35.5. The predicted molar refractivity (Wildman–Crippen MR) is 77.8 cm³/mol. The van der Waals surface area contributed by atoms with Crippen LogP contribution in [0.4, 0.5) is 0 Å². The third-order valence-corrected chi connectivity index (χ3v) is 3.55. The van der Waals surface area contributed by atoms with Crippen molar-refractivity contribution >= 4 is 11.6 Å². The maximum absolute atomic E-state index is 9.66. The van der Waals surface area contributed by atoms with Crippen LogP contribution in [0.1, 0.15) is 37.0 Å². The molecule has 0 bridgehead atoms. The zero-order chi connectivity index (χ0) is 13.8. The Hall–Kier alpha value is -1.32. The Labute approximate surface area is 118 Å². The van der Waals surface area contributed by atoms with Gasteiger partial charge in [0.05, 0.1) is 28.7 Å². The highest BCUT2D eigenvalue weighted by molar-refractivity contribution is 6.32. The Balaban J connectivity index is 2.51. The van der Waals surface area contributed by atoms with E-state index >= 15 is 0 Å². The van der Waals surface area contributed by atoms with Crippen molar-refractivity contribution in [2.45, 2.75) is 39.7 Å². The molecule has 0 saturated carbocycles. The molecule has 102 valence electrons. The van der Waals surface area contributed by atoms with E-state index in [9.17, 15) is 5.11 Å². The fraction of sp³-hybridized carbons (Fsp3) is 0.400. The van der Waals surface area contributed by atoms with Crippen molar-refractivity contribution < 1.29 is 5.11 Å². The summed E-state index contributed by atoms with van der Waals surface area (Å²) >= 11 is 6.24. The molecule has 1 N–H and O–H groups in total. The molecule has 1 heterocycles. The first-order valence-corrected chi connectivity index (χ1v) is 6.99. The highest BCUT2D eigenvalue weighted by Gasteiger charge is 2.16. The Kier molecular flexibility index (Phi) is 4.61. The Bertz CT molecular complexity index is 563. The molecular weight excluding hydrogens is 260 g/mol. The van der Waals surface area contributed by atoms with Gasteiger partial charge in [0.25, 0.3) is 0 Å². The molecule has 4 heteroatoms. The zero-order valence-corrected chi connectivity index (χ0v) is 12.1. The lowest BCUT2D eigenvalue weighted by Gasteiger charge is -2.11. The molecule has 0 aliphatic rings. The van der Waals surface area contributed by atoms with Crippen LogP contribution in [0.15, 0.2) is 24.3 Å². The Morgan fingerprint density at radius 1 is 1.32 bits per heavy atom. The molecule has 2 rings (SSSR count). The molecule has 0 atom stereocenters. The minimum absolute atomic E-state index is 0.0227. The molecule has 0 fully saturated rings. The minimum Gasteiger partial charge on any atom is -0.390 e. The third-order valence-electron chi connectivity index (χ3n) is 3.23. The van der Waals surface area contributed by atoms with Crippen LogP contribution in [0.25, 0.3) is 5.69 Å². The average Bonchev–Trinajstić information content (AvgIpc) is 2.73. The number of benzene rings is 1. The molecule has 0 spiro atoms. The van der Waals surface area contributed by atoms with E-state index in [1.54, 1.807) is 0 Å². The molecule has 0 radical (unpaired) electrons. The SMILES string of the molecule is CCCCc1nc(C)n(-c2ccccc2Cl)c1CO. The van der Waals surface area contributed by atoms with E-state index in [-0.39, 0.29) is 6.61 Å². The number of para-hydroxylation sites is 1. The second-order valence-electron chi connectivity index (χ2n) is 4.60. The predicted octanol–water partition coefficient (Wildman–Crippen LogP) is 3.67. The van der Waals surface area contributed by atoms with Gasteiger partial charge >= 0.3 is 0 Å². The molecule has 0 aliphatic heterocycles. The summed E-state index contributed by atoms with van der Waals surface area (Å²) in [6, 6.07) is 7.63. The normalized spacial score (nSPS) is 10.9. The number of aliphatic hydroxyl groups excluding tert-OH is 1. The van der Waals surface area contributed by atoms with E-state index < -0.39 is 0 Å². The molecule has 0 aliphatic carbocycles. The molecule has 0 saturated heterocycles. The van der Waals surface area contributed by atoms with Crippen LogP contribution in [0.5, 0.6) is 0 Å².